The van der Waals surface area contributed by atoms with Crippen LogP contribution in [-0.2, 0) is 11.2 Å². The van der Waals surface area contributed by atoms with E-state index in [1.165, 1.54) is 0 Å². The average Bonchev–Trinajstić information content (AvgIpc) is 3.05. The van der Waals surface area contributed by atoms with Gasteiger partial charge in [0.05, 0.1) is 0 Å². The Labute approximate surface area is 113 Å². The lowest BCUT2D eigenvalue weighted by Crippen LogP contribution is -2.38. The lowest BCUT2D eigenvalue weighted by atomic mass is 10.2. The van der Waals surface area contributed by atoms with Crippen LogP contribution in [0.25, 0.3) is 0 Å². The lowest BCUT2D eigenvalue weighted by Gasteiger charge is -2.23. The zero-order valence-electron chi connectivity index (χ0n) is 11.8. The first-order valence-electron chi connectivity index (χ1n) is 6.86. The third kappa shape index (κ3) is 3.53. The van der Waals surface area contributed by atoms with Gasteiger partial charge in [-0.25, -0.2) is 0 Å². The van der Waals surface area contributed by atoms with E-state index in [1.807, 2.05) is 25.8 Å². The van der Waals surface area contributed by atoms with Crippen LogP contribution < -0.4 is 5.32 Å². The molecule has 1 aromatic rings. The van der Waals surface area contributed by atoms with Gasteiger partial charge in [0.1, 0.15) is 0 Å². The molecule has 106 valence electrons. The number of nitrogens with one attached hydrogen (secondary N) is 1. The Hall–Kier alpha value is -1.43. The van der Waals surface area contributed by atoms with Crippen LogP contribution in [0.1, 0.15) is 44.3 Å². The van der Waals surface area contributed by atoms with E-state index in [4.69, 9.17) is 4.52 Å². The molecule has 1 aromatic heterocycles. The Morgan fingerprint density at radius 2 is 2.37 bits per heavy atom. The van der Waals surface area contributed by atoms with E-state index in [2.05, 4.69) is 15.5 Å². The maximum Gasteiger partial charge on any atom is 0.227 e. The third-order valence-corrected chi connectivity index (χ3v) is 3.53. The molecule has 0 saturated carbocycles. The van der Waals surface area contributed by atoms with Crippen molar-refractivity contribution in [2.75, 3.05) is 20.1 Å². The minimum Gasteiger partial charge on any atom is -0.341 e. The third-order valence-electron chi connectivity index (χ3n) is 3.53. The first-order chi connectivity index (χ1) is 9.08. The van der Waals surface area contributed by atoms with Gasteiger partial charge in [0.2, 0.25) is 11.8 Å². The Kier molecular flexibility index (Phi) is 4.52. The molecule has 2 heterocycles. The molecule has 19 heavy (non-hydrogen) atoms. The average molecular weight is 266 g/mol. The molecule has 1 aliphatic heterocycles. The van der Waals surface area contributed by atoms with E-state index in [9.17, 15) is 4.79 Å². The van der Waals surface area contributed by atoms with E-state index in [1.54, 1.807) is 0 Å². The number of carbonyl (C=O) groups excluding carboxylic acids is 1. The summed E-state index contributed by atoms with van der Waals surface area (Å²) in [7, 11) is 1.87. The van der Waals surface area contributed by atoms with Gasteiger partial charge in [-0.2, -0.15) is 4.98 Å². The minimum atomic E-state index is 0.137. The molecule has 6 heteroatoms. The highest BCUT2D eigenvalue weighted by molar-refractivity contribution is 5.76. The summed E-state index contributed by atoms with van der Waals surface area (Å²) >= 11 is 0. The number of carbonyl (C=O) groups is 1. The van der Waals surface area contributed by atoms with Crippen molar-refractivity contribution in [1.29, 1.82) is 0 Å². The fraction of sp³-hybridized carbons (Fsp3) is 0.769. The predicted octanol–water partition coefficient (Wildman–Crippen LogP) is 0.946. The molecule has 6 nitrogen and oxygen atoms in total. The van der Waals surface area contributed by atoms with Gasteiger partial charge in [0.25, 0.3) is 0 Å². The predicted molar refractivity (Wildman–Crippen MR) is 70.8 cm³/mol. The molecule has 0 radical (unpaired) electrons. The monoisotopic (exact) mass is 266 g/mol. The highest BCUT2D eigenvalue weighted by atomic mass is 16.5. The van der Waals surface area contributed by atoms with Gasteiger partial charge in [-0.1, -0.05) is 19.0 Å². The summed E-state index contributed by atoms with van der Waals surface area (Å²) in [6.45, 7) is 5.91. The largest absolute Gasteiger partial charge is 0.341 e. The van der Waals surface area contributed by atoms with Gasteiger partial charge < -0.3 is 14.7 Å². The van der Waals surface area contributed by atoms with Crippen molar-refractivity contribution < 1.29 is 9.32 Å². The fourth-order valence-corrected chi connectivity index (χ4v) is 2.17. The van der Waals surface area contributed by atoms with Gasteiger partial charge in [0, 0.05) is 38.4 Å². The second kappa shape index (κ2) is 6.14. The molecule has 1 N–H and O–H groups in total. The van der Waals surface area contributed by atoms with Crippen molar-refractivity contribution >= 4 is 5.91 Å². The van der Waals surface area contributed by atoms with Crippen LogP contribution in [-0.4, -0.2) is 47.1 Å². The van der Waals surface area contributed by atoms with Crippen molar-refractivity contribution in [3.63, 3.8) is 0 Å². The van der Waals surface area contributed by atoms with E-state index >= 15 is 0 Å². The molecule has 0 aromatic carbocycles. The molecule has 0 aliphatic carbocycles. The van der Waals surface area contributed by atoms with Crippen molar-refractivity contribution in [2.45, 2.75) is 45.1 Å². The maximum absolute atomic E-state index is 12.1. The second-order valence-electron chi connectivity index (χ2n) is 5.35. The Bertz CT molecular complexity index is 424. The molecule has 1 fully saturated rings. The van der Waals surface area contributed by atoms with Gasteiger partial charge >= 0.3 is 0 Å². The van der Waals surface area contributed by atoms with Crippen molar-refractivity contribution in [1.82, 2.24) is 20.4 Å². The molecule has 1 aliphatic rings. The summed E-state index contributed by atoms with van der Waals surface area (Å²) < 4.78 is 5.14. The summed E-state index contributed by atoms with van der Waals surface area (Å²) in [6, 6.07) is 0.321. The summed E-state index contributed by atoms with van der Waals surface area (Å²) in [6.07, 6.45) is 1.97. The topological polar surface area (TPSA) is 71.3 Å². The van der Waals surface area contributed by atoms with E-state index in [-0.39, 0.29) is 11.8 Å². The maximum atomic E-state index is 12.1. The Morgan fingerprint density at radius 3 is 2.95 bits per heavy atom. The smallest absolute Gasteiger partial charge is 0.227 e. The standard InChI is InChI=1S/C13H22N4O2/c1-9(2)13-15-11(19-16-13)4-5-12(18)17(3)10-6-7-14-8-10/h9-10,14H,4-8H2,1-3H3. The molecule has 1 atom stereocenters. The number of hydrogen-bond donors (Lipinski definition) is 1. The van der Waals surface area contributed by atoms with Crippen LogP contribution in [0.4, 0.5) is 0 Å². The van der Waals surface area contributed by atoms with Gasteiger partial charge in [0.15, 0.2) is 5.82 Å². The van der Waals surface area contributed by atoms with E-state index in [0.717, 1.165) is 19.5 Å². The van der Waals surface area contributed by atoms with Gasteiger partial charge in [-0.05, 0) is 13.0 Å². The summed E-state index contributed by atoms with van der Waals surface area (Å²) in [5, 5.41) is 7.16. The Balaban J connectivity index is 1.82. The van der Waals surface area contributed by atoms with Crippen LogP contribution in [0.15, 0.2) is 4.52 Å². The fourth-order valence-electron chi connectivity index (χ4n) is 2.17. The van der Waals surface area contributed by atoms with Crippen LogP contribution in [0.3, 0.4) is 0 Å². The number of hydrogen-bond acceptors (Lipinski definition) is 5. The minimum absolute atomic E-state index is 0.137. The first-order valence-corrected chi connectivity index (χ1v) is 6.86. The zero-order chi connectivity index (χ0) is 13.8. The van der Waals surface area contributed by atoms with E-state index < -0.39 is 0 Å². The number of likely N-dealkylation sites (N-methyl/N-ethyl adjacent to an activating group) is 1. The van der Waals surface area contributed by atoms with Crippen molar-refractivity contribution in [3.05, 3.63) is 11.7 Å². The number of aryl methyl sites for hydroxylation is 1. The SMILES string of the molecule is CC(C)c1noc(CCC(=O)N(C)C2CCNC2)n1. The number of nitrogens with zero attached hydrogens (tertiary/aromatic N) is 3. The molecular formula is C13H22N4O2. The molecule has 2 rings (SSSR count). The van der Waals surface area contributed by atoms with Crippen LogP contribution in [0, 0.1) is 0 Å². The quantitative estimate of drug-likeness (QED) is 0.859. The number of aromatic nitrogens is 2. The lowest BCUT2D eigenvalue weighted by molar-refractivity contribution is -0.131. The first kappa shape index (κ1) is 14.0. The number of amides is 1. The Morgan fingerprint density at radius 1 is 1.58 bits per heavy atom. The van der Waals surface area contributed by atoms with E-state index in [0.29, 0.717) is 30.6 Å². The highest BCUT2D eigenvalue weighted by Gasteiger charge is 2.23. The molecule has 0 spiro atoms. The molecule has 1 amide bonds. The summed E-state index contributed by atoms with van der Waals surface area (Å²) in [4.78, 5) is 18.2. The molecule has 1 saturated heterocycles. The van der Waals surface area contributed by atoms with Crippen LogP contribution >= 0.6 is 0 Å². The normalized spacial score (nSPS) is 19.1. The summed E-state index contributed by atoms with van der Waals surface area (Å²) in [5.74, 6) is 1.64. The number of rotatable bonds is 5. The second-order valence-corrected chi connectivity index (χ2v) is 5.35. The molecule has 0 bridgehead atoms. The molecular weight excluding hydrogens is 244 g/mol. The van der Waals surface area contributed by atoms with Gasteiger partial charge in [-0.15, -0.1) is 0 Å². The van der Waals surface area contributed by atoms with Crippen molar-refractivity contribution in [2.24, 2.45) is 0 Å². The molecule has 1 unspecified atom stereocenters. The van der Waals surface area contributed by atoms with Crippen LogP contribution in [0.5, 0.6) is 0 Å². The van der Waals surface area contributed by atoms with Crippen LogP contribution in [0.2, 0.25) is 0 Å². The summed E-state index contributed by atoms with van der Waals surface area (Å²) in [5.41, 5.74) is 0. The zero-order valence-corrected chi connectivity index (χ0v) is 11.8. The van der Waals surface area contributed by atoms with Gasteiger partial charge in [-0.3, -0.25) is 4.79 Å². The highest BCUT2D eigenvalue weighted by Crippen LogP contribution is 2.12. The van der Waals surface area contributed by atoms with Crippen molar-refractivity contribution in [3.8, 4) is 0 Å².